The Labute approximate surface area is 352 Å². The van der Waals surface area contributed by atoms with Crippen molar-refractivity contribution >= 4 is 11.8 Å². The molecule has 0 N–H and O–H groups in total. The molecule has 0 heterocycles. The molecule has 0 aliphatic carbocycles. The lowest BCUT2D eigenvalue weighted by atomic mass is 10.0. The molecule has 0 bridgehead atoms. The third-order valence-electron chi connectivity index (χ3n) is 8.52. The highest BCUT2D eigenvalue weighted by Gasteiger charge is 2.17. The molecular weight excluding hydrogens is 764 g/mol. The summed E-state index contributed by atoms with van der Waals surface area (Å²) in [7, 11) is 0. The van der Waals surface area contributed by atoms with Gasteiger partial charge in [-0.3, -0.25) is 4.79 Å². The normalized spacial score (nSPS) is 11.3. The number of Topliss-reactive ketones (excluding diaryl/α,β-unsaturated/α-hetero) is 1. The van der Waals surface area contributed by atoms with Gasteiger partial charge in [-0.15, -0.1) is 0 Å². The summed E-state index contributed by atoms with van der Waals surface area (Å²) in [5.41, 5.74) is 1.67. The molecule has 336 valence electrons. The van der Waals surface area contributed by atoms with Crippen molar-refractivity contribution in [1.82, 2.24) is 0 Å². The minimum absolute atomic E-state index is 0.00367. The van der Waals surface area contributed by atoms with Gasteiger partial charge in [0.15, 0.2) is 0 Å². The van der Waals surface area contributed by atoms with Crippen molar-refractivity contribution < 1.29 is 66.4 Å². The quantitative estimate of drug-likeness (QED) is 0.0336. The van der Waals surface area contributed by atoms with Crippen molar-refractivity contribution in [3.05, 3.63) is 65.7 Å². The van der Waals surface area contributed by atoms with Gasteiger partial charge in [-0.05, 0) is 30.5 Å². The molecule has 0 atom stereocenters. The first-order valence-corrected chi connectivity index (χ1v) is 21.5. The molecule has 0 saturated carbocycles. The van der Waals surface area contributed by atoms with Gasteiger partial charge in [-0.1, -0.05) is 87.9 Å². The first-order chi connectivity index (χ1) is 29.2. The second-order valence-corrected chi connectivity index (χ2v) is 13.3. The number of carbonyl (C=O) groups excluding carboxylic acids is 2. The molecule has 14 nitrogen and oxygen atoms in total. The van der Waals surface area contributed by atoms with Crippen LogP contribution in [0, 0.1) is 0 Å². The number of ketones is 1. The molecule has 0 fully saturated rings. The molecule has 59 heavy (non-hydrogen) atoms. The Kier molecular flexibility index (Phi) is 35.7. The summed E-state index contributed by atoms with van der Waals surface area (Å²) in [4.78, 5) is 23.7. The zero-order valence-electron chi connectivity index (χ0n) is 35.6. The molecule has 14 heteroatoms. The monoisotopic (exact) mass is 836 g/mol. The van der Waals surface area contributed by atoms with E-state index in [9.17, 15) is 9.59 Å². The average molecular weight is 837 g/mol. The molecule has 2 rings (SSSR count). The maximum absolute atomic E-state index is 11.9. The molecule has 2 aromatic rings. The van der Waals surface area contributed by atoms with Crippen LogP contribution in [0.1, 0.15) is 67.8 Å². The van der Waals surface area contributed by atoms with Gasteiger partial charge in [0.1, 0.15) is 19.0 Å². The van der Waals surface area contributed by atoms with E-state index in [1.54, 1.807) is 30.3 Å². The van der Waals surface area contributed by atoms with Crippen molar-refractivity contribution in [2.45, 2.75) is 58.3 Å². The third kappa shape index (κ3) is 32.4. The van der Waals surface area contributed by atoms with Crippen molar-refractivity contribution in [1.29, 1.82) is 0 Å². The second-order valence-electron chi connectivity index (χ2n) is 13.3. The summed E-state index contributed by atoms with van der Waals surface area (Å²) in [5, 5.41) is 0. The number of ether oxygens (including phenoxy) is 12. The topological polar surface area (TPSA) is 145 Å². The zero-order chi connectivity index (χ0) is 41.9. The lowest BCUT2D eigenvalue weighted by Gasteiger charge is -2.09. The van der Waals surface area contributed by atoms with Gasteiger partial charge >= 0.3 is 5.97 Å². The number of rotatable bonds is 44. The van der Waals surface area contributed by atoms with Crippen LogP contribution in [0.25, 0.3) is 0 Å². The van der Waals surface area contributed by atoms with Crippen LogP contribution in [0.2, 0.25) is 0 Å². The molecule has 0 aromatic heterocycles. The van der Waals surface area contributed by atoms with Crippen LogP contribution in [0.4, 0.5) is 0 Å². The second kappa shape index (κ2) is 40.4. The lowest BCUT2D eigenvalue weighted by molar-refractivity contribution is -0.139. The standard InChI is InChI=1S/C45H72O14/c1-2-3-4-5-6-7-9-12-41-15-17-43(18-16-41)58-39-37-56-35-33-54-31-29-52-27-25-50-23-21-48-19-20-49-22-24-51-26-28-53-30-32-55-34-36-57-38-40-59-45(47)44(46)42-13-10-8-11-14-42/h8,10-11,13-18H,2-7,9,12,19-40H2,1H3. The van der Waals surface area contributed by atoms with Crippen molar-refractivity contribution in [3.63, 3.8) is 0 Å². The number of benzene rings is 2. The lowest BCUT2D eigenvalue weighted by Crippen LogP contribution is -2.20. The largest absolute Gasteiger partial charge is 0.491 e. The third-order valence-corrected chi connectivity index (χ3v) is 8.52. The number of carbonyl (C=O) groups is 2. The Balaban J connectivity index is 1.17. The van der Waals surface area contributed by atoms with E-state index in [1.165, 1.54) is 50.5 Å². The van der Waals surface area contributed by atoms with Gasteiger partial charge < -0.3 is 56.8 Å². The summed E-state index contributed by atoms with van der Waals surface area (Å²) in [5.74, 6) is -0.693. The number of hydrogen-bond acceptors (Lipinski definition) is 14. The summed E-state index contributed by atoms with van der Waals surface area (Å²) in [6.07, 6.45) is 10.5. The number of hydrogen-bond donors (Lipinski definition) is 0. The van der Waals surface area contributed by atoms with Crippen molar-refractivity contribution in [2.24, 2.45) is 0 Å². The Hall–Kier alpha value is -3.02. The van der Waals surface area contributed by atoms with Gasteiger partial charge in [0.25, 0.3) is 5.78 Å². The van der Waals surface area contributed by atoms with E-state index in [1.807, 2.05) is 12.1 Å². The van der Waals surface area contributed by atoms with E-state index in [0.29, 0.717) is 138 Å². The summed E-state index contributed by atoms with van der Waals surface area (Å²) >= 11 is 0. The number of unbranched alkanes of at least 4 members (excludes halogenated alkanes) is 6. The maximum Gasteiger partial charge on any atom is 0.379 e. The van der Waals surface area contributed by atoms with E-state index < -0.39 is 11.8 Å². The van der Waals surface area contributed by atoms with Crippen LogP contribution in [0.15, 0.2) is 54.6 Å². The summed E-state index contributed by atoms with van der Waals surface area (Å²) in [6.45, 7) is 11.9. The van der Waals surface area contributed by atoms with Crippen LogP contribution >= 0.6 is 0 Å². The van der Waals surface area contributed by atoms with E-state index >= 15 is 0 Å². The molecule has 0 amide bonds. The van der Waals surface area contributed by atoms with Gasteiger partial charge in [0, 0.05) is 5.56 Å². The SMILES string of the molecule is CCCCCCCCCc1ccc(OCCOCCOCCOCCOCCOCCOCCOCCOCCOCCOCCOC(=O)C(=O)c2ccccc2)cc1. The average Bonchev–Trinajstić information content (AvgIpc) is 3.26. The van der Waals surface area contributed by atoms with Gasteiger partial charge in [-0.25, -0.2) is 4.79 Å². The maximum atomic E-state index is 11.9. The van der Waals surface area contributed by atoms with Gasteiger partial charge in [0.05, 0.1) is 132 Å². The van der Waals surface area contributed by atoms with E-state index in [-0.39, 0.29) is 13.2 Å². The smallest absolute Gasteiger partial charge is 0.379 e. The summed E-state index contributed by atoms with van der Waals surface area (Å²) < 4.78 is 65.6. The predicted molar refractivity (Wildman–Crippen MR) is 224 cm³/mol. The van der Waals surface area contributed by atoms with E-state index in [0.717, 1.165) is 12.2 Å². The Morgan fingerprint density at radius 1 is 0.390 bits per heavy atom. The van der Waals surface area contributed by atoms with Gasteiger partial charge in [-0.2, -0.15) is 0 Å². The first kappa shape index (κ1) is 52.1. The molecule has 0 radical (unpaired) electrons. The Morgan fingerprint density at radius 2 is 0.746 bits per heavy atom. The highest BCUT2D eigenvalue weighted by Crippen LogP contribution is 2.15. The molecule has 0 aliphatic rings. The molecule has 0 spiro atoms. The van der Waals surface area contributed by atoms with Crippen molar-refractivity contribution in [3.8, 4) is 5.75 Å². The minimum Gasteiger partial charge on any atom is -0.491 e. The fourth-order valence-electron chi connectivity index (χ4n) is 5.30. The number of esters is 1. The molecule has 0 saturated heterocycles. The highest BCUT2D eigenvalue weighted by molar-refractivity contribution is 6.40. The van der Waals surface area contributed by atoms with Crippen LogP contribution in [0.5, 0.6) is 5.75 Å². The van der Waals surface area contributed by atoms with E-state index in [4.69, 9.17) is 56.8 Å². The highest BCUT2D eigenvalue weighted by atomic mass is 16.6. The van der Waals surface area contributed by atoms with Crippen LogP contribution in [-0.4, -0.2) is 157 Å². The zero-order valence-corrected chi connectivity index (χ0v) is 35.6. The van der Waals surface area contributed by atoms with Crippen LogP contribution < -0.4 is 4.74 Å². The fourth-order valence-corrected chi connectivity index (χ4v) is 5.30. The minimum atomic E-state index is -0.897. The Bertz CT molecular complexity index is 1220. The van der Waals surface area contributed by atoms with Crippen LogP contribution in [-0.2, 0) is 63.3 Å². The summed E-state index contributed by atoms with van der Waals surface area (Å²) in [6, 6.07) is 16.7. The predicted octanol–water partition coefficient (Wildman–Crippen LogP) is 5.95. The Morgan fingerprint density at radius 3 is 1.15 bits per heavy atom. The first-order valence-electron chi connectivity index (χ1n) is 21.5. The van der Waals surface area contributed by atoms with Crippen molar-refractivity contribution in [2.75, 3.05) is 145 Å². The molecule has 0 unspecified atom stereocenters. The van der Waals surface area contributed by atoms with E-state index in [2.05, 4.69) is 19.1 Å². The van der Waals surface area contributed by atoms with Gasteiger partial charge in [0.2, 0.25) is 0 Å². The number of aryl methyl sites for hydroxylation is 1. The van der Waals surface area contributed by atoms with Crippen LogP contribution in [0.3, 0.4) is 0 Å². The molecular formula is C45H72O14. The fraction of sp³-hybridized carbons (Fsp3) is 0.689. The molecule has 2 aromatic carbocycles. The molecule has 0 aliphatic heterocycles.